The van der Waals surface area contributed by atoms with E-state index in [-0.39, 0.29) is 22.8 Å². The Morgan fingerprint density at radius 2 is 2.35 bits per heavy atom. The number of halogens is 1. The van der Waals surface area contributed by atoms with Gasteiger partial charge >= 0.3 is 5.69 Å². The van der Waals surface area contributed by atoms with Crippen molar-refractivity contribution in [3.05, 3.63) is 25.6 Å². The van der Waals surface area contributed by atoms with Crippen molar-refractivity contribution in [2.45, 2.75) is 6.54 Å². The van der Waals surface area contributed by atoms with E-state index >= 15 is 0 Å². The minimum atomic E-state index is -0.525. The van der Waals surface area contributed by atoms with Crippen molar-refractivity contribution in [1.29, 1.82) is 0 Å². The van der Waals surface area contributed by atoms with Crippen molar-refractivity contribution >= 4 is 50.6 Å². The van der Waals surface area contributed by atoms with Gasteiger partial charge in [0.15, 0.2) is 21.0 Å². The Bertz CT molecular complexity index is 818. The molecule has 0 amide bonds. The minimum Gasteiger partial charge on any atom is -0.375 e. The van der Waals surface area contributed by atoms with Gasteiger partial charge in [0.05, 0.1) is 6.54 Å². The predicted molar refractivity (Wildman–Crippen MR) is 81.7 cm³/mol. The first-order valence-corrected chi connectivity index (χ1v) is 6.54. The van der Waals surface area contributed by atoms with Gasteiger partial charge in [0.25, 0.3) is 5.56 Å². The molecule has 0 aliphatic carbocycles. The highest BCUT2D eigenvalue weighted by atomic mass is 79.9. The molecule has 106 valence electrons. The van der Waals surface area contributed by atoms with Crippen molar-refractivity contribution < 1.29 is 0 Å². The fourth-order valence-electron chi connectivity index (χ4n) is 1.61. The summed E-state index contributed by atoms with van der Waals surface area (Å²) in [5.41, 5.74) is 7.12. The molecule has 0 saturated heterocycles. The molecule has 11 heteroatoms. The number of aromatic nitrogens is 4. The van der Waals surface area contributed by atoms with E-state index in [0.29, 0.717) is 4.73 Å². The Hall–Kier alpha value is -2.01. The molecule has 2 heterocycles. The number of fused-ring (bicyclic) bond motifs is 1. The summed E-state index contributed by atoms with van der Waals surface area (Å²) in [6, 6.07) is 0. The van der Waals surface area contributed by atoms with Crippen LogP contribution in [0.3, 0.4) is 0 Å². The fourth-order valence-corrected chi connectivity index (χ4v) is 2.15. The molecule has 4 N–H and O–H groups in total. The lowest BCUT2D eigenvalue weighted by Crippen LogP contribution is -2.29. The second kappa shape index (κ2) is 5.54. The highest BCUT2D eigenvalue weighted by molar-refractivity contribution is 9.10. The van der Waals surface area contributed by atoms with Crippen LogP contribution in [0.25, 0.3) is 11.2 Å². The van der Waals surface area contributed by atoms with Crippen LogP contribution in [0, 0.1) is 0 Å². The van der Waals surface area contributed by atoms with Gasteiger partial charge in [0, 0.05) is 13.3 Å². The van der Waals surface area contributed by atoms with Crippen molar-refractivity contribution in [1.82, 2.24) is 24.5 Å². The average Bonchev–Trinajstić information content (AvgIpc) is 2.69. The number of H-pyrrole nitrogens is 1. The van der Waals surface area contributed by atoms with Crippen LogP contribution in [0.5, 0.6) is 0 Å². The van der Waals surface area contributed by atoms with Gasteiger partial charge in [-0.15, -0.1) is 0 Å². The zero-order chi connectivity index (χ0) is 14.9. The maximum absolute atomic E-state index is 11.9. The quantitative estimate of drug-likeness (QED) is 0.279. The molecule has 0 spiro atoms. The van der Waals surface area contributed by atoms with E-state index < -0.39 is 11.2 Å². The highest BCUT2D eigenvalue weighted by Gasteiger charge is 2.14. The summed E-state index contributed by atoms with van der Waals surface area (Å²) in [6.45, 7) is 0.244. The molecule has 0 aromatic carbocycles. The molecule has 0 atom stereocenters. The van der Waals surface area contributed by atoms with Gasteiger partial charge in [-0.3, -0.25) is 19.8 Å². The molecule has 0 fully saturated rings. The number of imidazole rings is 1. The van der Waals surface area contributed by atoms with E-state index in [1.165, 1.54) is 17.8 Å². The molecule has 0 radical (unpaired) electrons. The monoisotopic (exact) mass is 359 g/mol. The van der Waals surface area contributed by atoms with Crippen LogP contribution in [0.1, 0.15) is 0 Å². The number of nitrogens with two attached hydrogens (primary N) is 1. The number of nitrogens with zero attached hydrogens (tertiary/aromatic N) is 4. The van der Waals surface area contributed by atoms with Gasteiger partial charge in [-0.05, 0) is 28.1 Å². The Morgan fingerprint density at radius 1 is 1.65 bits per heavy atom. The molecule has 2 aromatic rings. The van der Waals surface area contributed by atoms with E-state index in [9.17, 15) is 9.59 Å². The van der Waals surface area contributed by atoms with Crippen molar-refractivity contribution in [3.63, 3.8) is 0 Å². The van der Waals surface area contributed by atoms with Crippen LogP contribution in [0.2, 0.25) is 0 Å². The zero-order valence-corrected chi connectivity index (χ0v) is 12.7. The van der Waals surface area contributed by atoms with Gasteiger partial charge < -0.3 is 10.3 Å². The first-order chi connectivity index (χ1) is 9.41. The Balaban J connectivity index is 2.49. The van der Waals surface area contributed by atoms with Crippen LogP contribution in [-0.4, -0.2) is 30.4 Å². The van der Waals surface area contributed by atoms with Gasteiger partial charge in [-0.25, -0.2) is 9.78 Å². The van der Waals surface area contributed by atoms with Gasteiger partial charge in [-0.2, -0.15) is 5.10 Å². The first kappa shape index (κ1) is 14.4. The lowest BCUT2D eigenvalue weighted by molar-refractivity contribution is 0.823. The van der Waals surface area contributed by atoms with Crippen LogP contribution >= 0.6 is 28.1 Å². The molecular weight excluding hydrogens is 350 g/mol. The van der Waals surface area contributed by atoms with Crippen LogP contribution in [0.4, 0.5) is 0 Å². The lowest BCUT2D eigenvalue weighted by Gasteiger charge is -2.01. The summed E-state index contributed by atoms with van der Waals surface area (Å²) >= 11 is 7.83. The van der Waals surface area contributed by atoms with Gasteiger partial charge in [-0.1, -0.05) is 0 Å². The van der Waals surface area contributed by atoms with Gasteiger partial charge in [0.1, 0.15) is 0 Å². The molecule has 20 heavy (non-hydrogen) atoms. The minimum absolute atomic E-state index is 0.0380. The first-order valence-electron chi connectivity index (χ1n) is 5.34. The second-order valence-corrected chi connectivity index (χ2v) is 4.92. The molecule has 2 rings (SSSR count). The molecule has 0 bridgehead atoms. The third-order valence-electron chi connectivity index (χ3n) is 2.49. The van der Waals surface area contributed by atoms with E-state index in [2.05, 4.69) is 48.6 Å². The molecule has 0 aliphatic rings. The largest absolute Gasteiger partial charge is 0.375 e. The van der Waals surface area contributed by atoms with Crippen LogP contribution < -0.4 is 22.4 Å². The summed E-state index contributed by atoms with van der Waals surface area (Å²) < 4.78 is 3.21. The van der Waals surface area contributed by atoms with E-state index in [0.717, 1.165) is 0 Å². The number of nitrogens with one attached hydrogen (secondary N) is 2. The molecule has 0 saturated carbocycles. The van der Waals surface area contributed by atoms with Gasteiger partial charge in [0.2, 0.25) is 0 Å². The number of thiocarbonyl (C=S) groups is 1. The summed E-state index contributed by atoms with van der Waals surface area (Å²) in [5.74, 6) is 0. The summed E-state index contributed by atoms with van der Waals surface area (Å²) in [4.78, 5) is 29.7. The van der Waals surface area contributed by atoms with Crippen molar-refractivity contribution in [2.75, 3.05) is 0 Å². The SMILES string of the molecule is Cn1c(=O)[nH]c(=O)c2c1nc(Br)n2C/C=N\NC(N)=S. The maximum Gasteiger partial charge on any atom is 0.329 e. The van der Waals surface area contributed by atoms with E-state index in [1.807, 2.05) is 0 Å². The Labute approximate surface area is 125 Å². The normalized spacial score (nSPS) is 11.3. The number of hydrogen-bond donors (Lipinski definition) is 3. The molecule has 0 aliphatic heterocycles. The van der Waals surface area contributed by atoms with E-state index in [1.54, 1.807) is 4.57 Å². The van der Waals surface area contributed by atoms with Crippen LogP contribution in [0.15, 0.2) is 19.4 Å². The fraction of sp³-hybridized carbons (Fsp3) is 0.222. The van der Waals surface area contributed by atoms with Crippen LogP contribution in [-0.2, 0) is 13.6 Å². The van der Waals surface area contributed by atoms with Crippen molar-refractivity contribution in [2.24, 2.45) is 17.9 Å². The second-order valence-electron chi connectivity index (χ2n) is 3.77. The molecule has 2 aromatic heterocycles. The van der Waals surface area contributed by atoms with Crippen molar-refractivity contribution in [3.8, 4) is 0 Å². The third kappa shape index (κ3) is 2.63. The Kier molecular flexibility index (Phi) is 3.99. The van der Waals surface area contributed by atoms with E-state index in [4.69, 9.17) is 5.73 Å². The molecule has 9 nitrogen and oxygen atoms in total. The standard InChI is InChI=1S/C9H10BrN7O2S/c1-16-5-4(6(18)14-9(16)19)17(7(10)13-5)3-2-12-15-8(11)20/h2H,3H2,1H3,(H3,11,15,20)(H,14,18,19)/b12-2-. The molecule has 0 unspecified atom stereocenters. The Morgan fingerprint density at radius 3 is 3.00 bits per heavy atom. The topological polar surface area (TPSA) is 123 Å². The average molecular weight is 360 g/mol. The zero-order valence-electron chi connectivity index (χ0n) is 10.3. The summed E-state index contributed by atoms with van der Waals surface area (Å²) in [5, 5.41) is 3.81. The third-order valence-corrected chi connectivity index (χ3v) is 3.19. The number of aryl methyl sites for hydroxylation is 1. The number of hydrazone groups is 1. The smallest absolute Gasteiger partial charge is 0.329 e. The number of hydrogen-bond acceptors (Lipinski definition) is 5. The maximum atomic E-state index is 11.9. The summed E-state index contributed by atoms with van der Waals surface area (Å²) in [6.07, 6.45) is 1.47. The number of aromatic amines is 1. The number of rotatable bonds is 3. The molecular formula is C9H10BrN7O2S. The summed E-state index contributed by atoms with van der Waals surface area (Å²) in [7, 11) is 1.52. The highest BCUT2D eigenvalue weighted by Crippen LogP contribution is 2.14. The predicted octanol–water partition coefficient (Wildman–Crippen LogP) is -0.995. The lowest BCUT2D eigenvalue weighted by atomic mass is 10.5.